The van der Waals surface area contributed by atoms with E-state index in [9.17, 15) is 9.90 Å². The molecule has 2 fully saturated rings. The summed E-state index contributed by atoms with van der Waals surface area (Å²) >= 11 is 0. The highest BCUT2D eigenvalue weighted by molar-refractivity contribution is 5.79. The largest absolute Gasteiger partial charge is 0.393 e. The van der Waals surface area contributed by atoms with Crippen LogP contribution in [0.2, 0.25) is 0 Å². The molecule has 0 bridgehead atoms. The summed E-state index contributed by atoms with van der Waals surface area (Å²) in [5.74, 6) is 0.792. The summed E-state index contributed by atoms with van der Waals surface area (Å²) in [4.78, 5) is 11.4. The molecule has 0 aromatic heterocycles. The first kappa shape index (κ1) is 9.91. The van der Waals surface area contributed by atoms with Crippen molar-refractivity contribution in [3.8, 4) is 0 Å². The minimum absolute atomic E-state index is 0.00431. The highest BCUT2D eigenvalue weighted by Gasteiger charge is 2.50. The van der Waals surface area contributed by atoms with Gasteiger partial charge in [-0.25, -0.2) is 0 Å². The van der Waals surface area contributed by atoms with E-state index in [0.717, 1.165) is 25.7 Å². The fraction of sp³-hybridized carbons (Fsp3) is 0.750. The fourth-order valence-electron chi connectivity index (χ4n) is 3.30. The summed E-state index contributed by atoms with van der Waals surface area (Å²) in [6, 6.07) is 0. The molecule has 0 heterocycles. The molecule has 0 radical (unpaired) electrons. The average Bonchev–Trinajstić information content (AvgIpc) is 2.46. The molecule has 0 unspecified atom stereocenters. The van der Waals surface area contributed by atoms with Crippen LogP contribution in [0.5, 0.6) is 0 Å². The number of allylic oxidation sites excluding steroid dienone is 1. The molecule has 2 aliphatic carbocycles. The molecule has 0 spiro atoms. The third kappa shape index (κ3) is 1.33. The van der Waals surface area contributed by atoms with E-state index in [-0.39, 0.29) is 11.5 Å². The van der Waals surface area contributed by atoms with Gasteiger partial charge in [0, 0.05) is 18.3 Å². The maximum Gasteiger partial charge on any atom is 0.133 e. The summed E-state index contributed by atoms with van der Waals surface area (Å²) < 4.78 is 0. The van der Waals surface area contributed by atoms with Crippen LogP contribution in [0.25, 0.3) is 0 Å². The minimum atomic E-state index is -0.210. The molecular weight excluding hydrogens is 176 g/mol. The number of rotatable bonds is 2. The molecule has 1 N–H and O–H groups in total. The molecule has 0 aromatic rings. The Balaban J connectivity index is 2.22. The molecule has 2 aliphatic rings. The van der Waals surface area contributed by atoms with Crippen molar-refractivity contribution < 1.29 is 9.90 Å². The van der Waals surface area contributed by atoms with Crippen molar-refractivity contribution in [2.45, 2.75) is 44.6 Å². The van der Waals surface area contributed by atoms with Gasteiger partial charge in [0.2, 0.25) is 0 Å². The van der Waals surface area contributed by atoms with Crippen LogP contribution in [-0.2, 0) is 4.79 Å². The third-order valence-corrected chi connectivity index (χ3v) is 4.13. The first-order valence-corrected chi connectivity index (χ1v) is 5.50. The van der Waals surface area contributed by atoms with E-state index in [4.69, 9.17) is 0 Å². The molecule has 14 heavy (non-hydrogen) atoms. The lowest BCUT2D eigenvalue weighted by Gasteiger charge is -2.40. The van der Waals surface area contributed by atoms with Gasteiger partial charge in [-0.1, -0.05) is 6.08 Å². The second-order valence-corrected chi connectivity index (χ2v) is 4.76. The molecule has 78 valence electrons. The van der Waals surface area contributed by atoms with Crippen molar-refractivity contribution in [2.75, 3.05) is 0 Å². The van der Waals surface area contributed by atoms with Crippen LogP contribution >= 0.6 is 0 Å². The van der Waals surface area contributed by atoms with Gasteiger partial charge in [-0.15, -0.1) is 6.58 Å². The molecule has 0 saturated heterocycles. The number of ketones is 1. The molecule has 2 saturated carbocycles. The summed E-state index contributed by atoms with van der Waals surface area (Å²) in [6.45, 7) is 3.77. The predicted octanol–water partition coefficient (Wildman–Crippen LogP) is 2.07. The number of Topliss-reactive ketones (excluding diaryl/α,β-unsaturated/α-hetero) is 1. The van der Waals surface area contributed by atoms with Gasteiger partial charge in [0.1, 0.15) is 5.78 Å². The molecule has 0 aliphatic heterocycles. The lowest BCUT2D eigenvalue weighted by Crippen LogP contribution is -2.40. The van der Waals surface area contributed by atoms with Crippen molar-refractivity contribution >= 4 is 5.78 Å². The Kier molecular flexibility index (Phi) is 2.48. The van der Waals surface area contributed by atoms with Crippen LogP contribution in [0.15, 0.2) is 12.7 Å². The van der Waals surface area contributed by atoms with E-state index >= 15 is 0 Å². The van der Waals surface area contributed by atoms with Gasteiger partial charge >= 0.3 is 0 Å². The van der Waals surface area contributed by atoms with Crippen molar-refractivity contribution in [2.24, 2.45) is 11.3 Å². The third-order valence-electron chi connectivity index (χ3n) is 4.13. The summed E-state index contributed by atoms with van der Waals surface area (Å²) in [7, 11) is 0. The van der Waals surface area contributed by atoms with E-state index in [2.05, 4.69) is 6.58 Å². The zero-order valence-corrected chi connectivity index (χ0v) is 8.54. The number of aliphatic hydroxyl groups excluding tert-OH is 1. The van der Waals surface area contributed by atoms with Gasteiger partial charge in [-0.05, 0) is 31.6 Å². The van der Waals surface area contributed by atoms with Crippen LogP contribution in [0.1, 0.15) is 38.5 Å². The SMILES string of the molecule is C=CC[C@]12CCC(=O)C[C@H]1CC[C@@H]2O. The van der Waals surface area contributed by atoms with Crippen molar-refractivity contribution in [1.29, 1.82) is 0 Å². The minimum Gasteiger partial charge on any atom is -0.393 e. The van der Waals surface area contributed by atoms with Gasteiger partial charge in [0.25, 0.3) is 0 Å². The Labute approximate surface area is 85.0 Å². The highest BCUT2D eigenvalue weighted by atomic mass is 16.3. The molecule has 2 rings (SSSR count). The summed E-state index contributed by atoms with van der Waals surface area (Å²) in [6.07, 6.45) is 6.64. The van der Waals surface area contributed by atoms with E-state index < -0.39 is 0 Å². The Morgan fingerprint density at radius 2 is 2.36 bits per heavy atom. The first-order valence-electron chi connectivity index (χ1n) is 5.50. The van der Waals surface area contributed by atoms with Crippen LogP contribution in [0, 0.1) is 11.3 Å². The van der Waals surface area contributed by atoms with E-state index in [1.165, 1.54) is 0 Å². The van der Waals surface area contributed by atoms with Crippen LogP contribution in [-0.4, -0.2) is 17.0 Å². The second-order valence-electron chi connectivity index (χ2n) is 4.76. The first-order chi connectivity index (χ1) is 6.69. The number of hydrogen-bond donors (Lipinski definition) is 1. The molecule has 3 atom stereocenters. The molecule has 2 nitrogen and oxygen atoms in total. The Morgan fingerprint density at radius 3 is 3.07 bits per heavy atom. The van der Waals surface area contributed by atoms with Gasteiger partial charge in [-0.2, -0.15) is 0 Å². The maximum atomic E-state index is 11.4. The Morgan fingerprint density at radius 1 is 1.57 bits per heavy atom. The fourth-order valence-corrected chi connectivity index (χ4v) is 3.30. The van der Waals surface area contributed by atoms with Crippen molar-refractivity contribution in [3.05, 3.63) is 12.7 Å². The topological polar surface area (TPSA) is 37.3 Å². The highest BCUT2D eigenvalue weighted by Crippen LogP contribution is 2.53. The summed E-state index contributed by atoms with van der Waals surface area (Å²) in [5, 5.41) is 10.0. The smallest absolute Gasteiger partial charge is 0.133 e. The predicted molar refractivity (Wildman–Crippen MR) is 54.8 cm³/mol. The number of carbonyl (C=O) groups is 1. The zero-order chi connectivity index (χ0) is 10.2. The average molecular weight is 194 g/mol. The van der Waals surface area contributed by atoms with Gasteiger partial charge in [-0.3, -0.25) is 4.79 Å². The van der Waals surface area contributed by atoms with Gasteiger partial charge in [0.05, 0.1) is 6.10 Å². The van der Waals surface area contributed by atoms with Crippen LogP contribution in [0.4, 0.5) is 0 Å². The quantitative estimate of drug-likeness (QED) is 0.683. The van der Waals surface area contributed by atoms with E-state index in [0.29, 0.717) is 24.5 Å². The zero-order valence-electron chi connectivity index (χ0n) is 8.54. The van der Waals surface area contributed by atoms with Crippen molar-refractivity contribution in [1.82, 2.24) is 0 Å². The van der Waals surface area contributed by atoms with E-state index in [1.54, 1.807) is 0 Å². The van der Waals surface area contributed by atoms with Crippen LogP contribution < -0.4 is 0 Å². The number of aliphatic hydroxyl groups is 1. The number of hydrogen-bond acceptors (Lipinski definition) is 2. The van der Waals surface area contributed by atoms with Crippen molar-refractivity contribution in [3.63, 3.8) is 0 Å². The normalized spacial score (nSPS) is 42.2. The second kappa shape index (κ2) is 3.50. The Hall–Kier alpha value is -0.630. The monoisotopic (exact) mass is 194 g/mol. The standard InChI is InChI=1S/C12H18O2/c1-2-6-12-7-5-10(13)8-9(12)3-4-11(12)14/h2,9,11,14H,1,3-8H2/t9-,11+,12+/m1/s1. The van der Waals surface area contributed by atoms with Gasteiger partial charge < -0.3 is 5.11 Å². The Bertz CT molecular complexity index is 259. The maximum absolute atomic E-state index is 11.4. The molecule has 0 amide bonds. The number of fused-ring (bicyclic) bond motifs is 1. The van der Waals surface area contributed by atoms with Crippen LogP contribution in [0.3, 0.4) is 0 Å². The van der Waals surface area contributed by atoms with Gasteiger partial charge in [0.15, 0.2) is 0 Å². The number of carbonyl (C=O) groups excluding carboxylic acids is 1. The molecular formula is C12H18O2. The lowest BCUT2D eigenvalue weighted by atomic mass is 9.65. The molecule has 0 aromatic carbocycles. The molecule has 2 heteroatoms. The summed E-state index contributed by atoms with van der Waals surface area (Å²) in [5.41, 5.74) is -0.00431. The lowest BCUT2D eigenvalue weighted by molar-refractivity contribution is -0.126. The van der Waals surface area contributed by atoms with E-state index in [1.807, 2.05) is 6.08 Å².